The number of nitrogens with zero attached hydrogens (tertiary/aromatic N) is 1. The van der Waals surface area contributed by atoms with Gasteiger partial charge in [0.05, 0.1) is 4.91 Å². The summed E-state index contributed by atoms with van der Waals surface area (Å²) in [5.41, 5.74) is 3.39. The van der Waals surface area contributed by atoms with E-state index in [1.165, 1.54) is 11.8 Å². The summed E-state index contributed by atoms with van der Waals surface area (Å²) in [4.78, 5) is 27.5. The number of amides is 2. The van der Waals surface area contributed by atoms with Crippen molar-refractivity contribution in [1.29, 1.82) is 0 Å². The van der Waals surface area contributed by atoms with Crippen molar-refractivity contribution in [3.63, 3.8) is 0 Å². The molecule has 0 atom stereocenters. The molecule has 1 aliphatic heterocycles. The summed E-state index contributed by atoms with van der Waals surface area (Å²) in [5.74, 6) is 0.134. The van der Waals surface area contributed by atoms with Crippen molar-refractivity contribution in [2.45, 2.75) is 13.3 Å². The molecule has 3 aromatic carbocycles. The fraction of sp³-hybridized carbons (Fsp3) is 0.148. The van der Waals surface area contributed by atoms with Gasteiger partial charge >= 0.3 is 0 Å². The molecule has 1 aliphatic rings. The number of thioether (sulfide) groups is 1. The highest BCUT2D eigenvalue weighted by Gasteiger charge is 2.31. The predicted molar refractivity (Wildman–Crippen MR) is 147 cm³/mol. The van der Waals surface area contributed by atoms with Crippen molar-refractivity contribution in [2.24, 2.45) is 0 Å². The molecule has 2 amide bonds. The molecule has 3 aromatic rings. The zero-order valence-corrected chi connectivity index (χ0v) is 21.4. The summed E-state index contributed by atoms with van der Waals surface area (Å²) in [6.45, 7) is 2.22. The predicted octanol–water partition coefficient (Wildman–Crippen LogP) is 6.11. The van der Waals surface area contributed by atoms with Gasteiger partial charge in [0.2, 0.25) is 0 Å². The quantitative estimate of drug-likeness (QED) is 0.286. The Labute approximate surface area is 219 Å². The van der Waals surface area contributed by atoms with Gasteiger partial charge in [0.1, 0.15) is 10.1 Å². The molecule has 0 saturated carbocycles. The van der Waals surface area contributed by atoms with E-state index in [1.807, 2.05) is 49.4 Å². The van der Waals surface area contributed by atoms with E-state index in [9.17, 15) is 9.59 Å². The van der Waals surface area contributed by atoms with E-state index in [4.69, 9.17) is 28.6 Å². The topological polar surface area (TPSA) is 58.6 Å². The van der Waals surface area contributed by atoms with Gasteiger partial charge < -0.3 is 10.1 Å². The van der Waals surface area contributed by atoms with Crippen LogP contribution in [0.1, 0.15) is 16.7 Å². The van der Waals surface area contributed by atoms with Gasteiger partial charge in [-0.3, -0.25) is 14.5 Å². The maximum atomic E-state index is 12.9. The second-order valence-electron chi connectivity index (χ2n) is 7.89. The summed E-state index contributed by atoms with van der Waals surface area (Å²) in [5, 5.41) is 3.39. The lowest BCUT2D eigenvalue weighted by Crippen LogP contribution is -2.30. The zero-order chi connectivity index (χ0) is 24.8. The Morgan fingerprint density at radius 1 is 1.11 bits per heavy atom. The van der Waals surface area contributed by atoms with Crippen molar-refractivity contribution in [2.75, 3.05) is 18.5 Å². The largest absolute Gasteiger partial charge is 0.484 e. The van der Waals surface area contributed by atoms with E-state index in [0.717, 1.165) is 23.1 Å². The van der Waals surface area contributed by atoms with Crippen LogP contribution in [0.5, 0.6) is 5.75 Å². The minimum absolute atomic E-state index is 0.0986. The smallest absolute Gasteiger partial charge is 0.266 e. The monoisotopic (exact) mass is 522 g/mol. The second-order valence-corrected chi connectivity index (χ2v) is 9.97. The zero-order valence-electron chi connectivity index (χ0n) is 19.0. The molecular formula is C27H23ClN2O3S2. The third-order valence-corrected chi connectivity index (χ3v) is 7.20. The lowest BCUT2D eigenvalue weighted by Gasteiger charge is -2.14. The number of carbonyl (C=O) groups is 2. The van der Waals surface area contributed by atoms with Crippen LogP contribution in [0.4, 0.5) is 5.69 Å². The molecule has 8 heteroatoms. The summed E-state index contributed by atoms with van der Waals surface area (Å²) >= 11 is 12.8. The molecule has 35 heavy (non-hydrogen) atoms. The summed E-state index contributed by atoms with van der Waals surface area (Å²) in [6.07, 6.45) is 2.53. The lowest BCUT2D eigenvalue weighted by molar-refractivity contribution is -0.122. The van der Waals surface area contributed by atoms with Gasteiger partial charge in [0, 0.05) is 17.3 Å². The molecule has 0 aromatic heterocycles. The number of thiocarbonyl (C=S) groups is 1. The van der Waals surface area contributed by atoms with E-state index in [0.29, 0.717) is 32.2 Å². The molecule has 0 unspecified atom stereocenters. The van der Waals surface area contributed by atoms with E-state index in [2.05, 4.69) is 5.32 Å². The normalized spacial score (nSPS) is 14.5. The lowest BCUT2D eigenvalue weighted by atomic mass is 10.1. The Morgan fingerprint density at radius 3 is 2.69 bits per heavy atom. The van der Waals surface area contributed by atoms with Crippen LogP contribution in [0.15, 0.2) is 77.7 Å². The summed E-state index contributed by atoms with van der Waals surface area (Å²) in [7, 11) is 0. The molecule has 0 aliphatic carbocycles. The van der Waals surface area contributed by atoms with Gasteiger partial charge in [-0.2, -0.15) is 0 Å². The van der Waals surface area contributed by atoms with Crippen LogP contribution in [0.3, 0.4) is 0 Å². The standard InChI is InChI=1S/C27H23ClN2O3S2/c1-18-22(28)11-6-12-23(18)29-25(31)17-33-21-10-5-9-20(15-21)16-24-26(32)30(27(34)35-24)14-13-19-7-3-2-4-8-19/h2-12,15-16H,13-14,17H2,1H3,(H,29,31)/b24-16-. The van der Waals surface area contributed by atoms with Crippen LogP contribution in [-0.2, 0) is 16.0 Å². The SMILES string of the molecule is Cc1c(Cl)cccc1NC(=O)COc1cccc(/C=C2\SC(=S)N(CCc3ccccc3)C2=O)c1. The average Bonchev–Trinajstić information content (AvgIpc) is 3.12. The Hall–Kier alpha value is -3.13. The van der Waals surface area contributed by atoms with Crippen molar-refractivity contribution >= 4 is 63.5 Å². The van der Waals surface area contributed by atoms with Gasteiger partial charge in [0.15, 0.2) is 6.61 Å². The molecule has 1 saturated heterocycles. The Morgan fingerprint density at radius 2 is 1.89 bits per heavy atom. The number of halogens is 1. The highest BCUT2D eigenvalue weighted by atomic mass is 35.5. The molecule has 5 nitrogen and oxygen atoms in total. The summed E-state index contributed by atoms with van der Waals surface area (Å²) in [6, 6.07) is 22.6. The summed E-state index contributed by atoms with van der Waals surface area (Å²) < 4.78 is 6.22. The Kier molecular flexibility index (Phi) is 8.23. The number of ether oxygens (including phenoxy) is 1. The Bertz CT molecular complexity index is 1290. The van der Waals surface area contributed by atoms with Gasteiger partial charge in [-0.15, -0.1) is 0 Å². The third-order valence-electron chi connectivity index (χ3n) is 5.41. The van der Waals surface area contributed by atoms with Gasteiger partial charge in [-0.1, -0.05) is 84.1 Å². The van der Waals surface area contributed by atoms with Gasteiger partial charge in [-0.05, 0) is 60.4 Å². The number of nitrogens with one attached hydrogen (secondary N) is 1. The van der Waals surface area contributed by atoms with Gasteiger partial charge in [-0.25, -0.2) is 0 Å². The first-order valence-corrected chi connectivity index (χ1v) is 12.6. The molecular weight excluding hydrogens is 500 g/mol. The minimum atomic E-state index is -0.292. The fourth-order valence-electron chi connectivity index (χ4n) is 3.50. The maximum absolute atomic E-state index is 12.9. The number of rotatable bonds is 8. The van der Waals surface area contributed by atoms with Crippen LogP contribution in [0.2, 0.25) is 5.02 Å². The number of anilines is 1. The highest BCUT2D eigenvalue weighted by Crippen LogP contribution is 2.33. The highest BCUT2D eigenvalue weighted by molar-refractivity contribution is 8.26. The molecule has 0 radical (unpaired) electrons. The van der Waals surface area contributed by atoms with E-state index < -0.39 is 0 Å². The second kappa shape index (κ2) is 11.5. The average molecular weight is 523 g/mol. The molecule has 1 fully saturated rings. The third kappa shape index (κ3) is 6.51. The molecule has 1 heterocycles. The van der Waals surface area contributed by atoms with Crippen LogP contribution in [0, 0.1) is 6.92 Å². The van der Waals surface area contributed by atoms with Crippen LogP contribution >= 0.6 is 35.6 Å². The number of carbonyl (C=O) groups excluding carboxylic acids is 2. The van der Waals surface area contributed by atoms with Crippen LogP contribution in [0.25, 0.3) is 6.08 Å². The minimum Gasteiger partial charge on any atom is -0.484 e. The molecule has 178 valence electrons. The number of hydrogen-bond acceptors (Lipinski definition) is 5. The molecule has 0 spiro atoms. The van der Waals surface area contributed by atoms with Crippen molar-refractivity contribution in [3.8, 4) is 5.75 Å². The first-order valence-electron chi connectivity index (χ1n) is 11.0. The first-order chi connectivity index (χ1) is 16.9. The van der Waals surface area contributed by atoms with Crippen molar-refractivity contribution in [3.05, 3.63) is 99.4 Å². The number of hydrogen-bond donors (Lipinski definition) is 1. The van der Waals surface area contributed by atoms with E-state index in [-0.39, 0.29) is 18.4 Å². The van der Waals surface area contributed by atoms with Crippen LogP contribution in [-0.4, -0.2) is 34.2 Å². The first kappa shape index (κ1) is 25.0. The van der Waals surface area contributed by atoms with Gasteiger partial charge in [0.25, 0.3) is 11.8 Å². The fourth-order valence-corrected chi connectivity index (χ4v) is 4.99. The van der Waals surface area contributed by atoms with E-state index in [1.54, 1.807) is 41.3 Å². The molecule has 4 rings (SSSR count). The Balaban J connectivity index is 1.36. The van der Waals surface area contributed by atoms with Crippen molar-refractivity contribution in [1.82, 2.24) is 4.90 Å². The number of benzene rings is 3. The molecule has 1 N–H and O–H groups in total. The van der Waals surface area contributed by atoms with Crippen LogP contribution < -0.4 is 10.1 Å². The van der Waals surface area contributed by atoms with E-state index >= 15 is 0 Å². The molecule has 0 bridgehead atoms. The van der Waals surface area contributed by atoms with Crippen molar-refractivity contribution < 1.29 is 14.3 Å². The maximum Gasteiger partial charge on any atom is 0.266 e.